The monoisotopic (exact) mass is 417 g/mol. The number of hydrogen-bond acceptors (Lipinski definition) is 5. The van der Waals surface area contributed by atoms with E-state index in [1.165, 1.54) is 43.5 Å². The van der Waals surface area contributed by atoms with Gasteiger partial charge in [-0.3, -0.25) is 0 Å². The molecule has 0 amide bonds. The number of aliphatic hydroxyl groups is 1. The van der Waals surface area contributed by atoms with Gasteiger partial charge in [0.25, 0.3) is 0 Å². The first-order valence-corrected chi connectivity index (χ1v) is 10.2. The zero-order chi connectivity index (χ0) is 20.9. The first-order chi connectivity index (χ1) is 13.9. The van der Waals surface area contributed by atoms with E-state index in [-0.39, 0.29) is 29.6 Å². The Hall–Kier alpha value is -2.94. The number of benzene rings is 3. The van der Waals surface area contributed by atoms with Crippen molar-refractivity contribution in [1.82, 2.24) is 4.72 Å². The fraction of sp³-hybridized carbons (Fsp3) is 0.143. The second-order valence-electron chi connectivity index (χ2n) is 6.17. The highest BCUT2D eigenvalue weighted by molar-refractivity contribution is 7.89. The fourth-order valence-electron chi connectivity index (χ4n) is 2.60. The maximum absolute atomic E-state index is 12.9. The summed E-state index contributed by atoms with van der Waals surface area (Å²) in [4.78, 5) is -0.0391. The predicted octanol–water partition coefficient (Wildman–Crippen LogP) is 3.60. The number of aliphatic hydroxyl groups excluding tert-OH is 1. The lowest BCUT2D eigenvalue weighted by atomic mass is 10.2. The third-order valence-electron chi connectivity index (χ3n) is 4.14. The molecule has 0 saturated carbocycles. The highest BCUT2D eigenvalue weighted by Crippen LogP contribution is 2.26. The van der Waals surface area contributed by atoms with Crippen molar-refractivity contribution in [2.45, 2.75) is 18.0 Å². The molecule has 3 aromatic rings. The maximum Gasteiger partial charge on any atom is 0.244 e. The predicted molar refractivity (Wildman–Crippen MR) is 106 cm³/mol. The van der Waals surface area contributed by atoms with Gasteiger partial charge in [-0.1, -0.05) is 18.2 Å². The third-order valence-corrected chi connectivity index (χ3v) is 5.56. The van der Waals surface area contributed by atoms with Gasteiger partial charge in [-0.15, -0.1) is 0 Å². The summed E-state index contributed by atoms with van der Waals surface area (Å²) in [6.45, 7) is -0.215. The van der Waals surface area contributed by atoms with E-state index in [0.29, 0.717) is 17.1 Å². The van der Waals surface area contributed by atoms with Gasteiger partial charge in [0.05, 0.1) is 13.7 Å². The molecule has 29 heavy (non-hydrogen) atoms. The van der Waals surface area contributed by atoms with Crippen LogP contribution in [0, 0.1) is 5.82 Å². The SMILES string of the molecule is COc1ccc(CO)cc1S(=O)(=O)NCc1ccc(Oc2ccc(F)cc2)cc1. The van der Waals surface area contributed by atoms with Crippen LogP contribution in [0.1, 0.15) is 11.1 Å². The third kappa shape index (κ3) is 5.32. The van der Waals surface area contributed by atoms with Crippen molar-refractivity contribution in [3.05, 3.63) is 83.7 Å². The largest absolute Gasteiger partial charge is 0.495 e. The molecular weight excluding hydrogens is 397 g/mol. The van der Waals surface area contributed by atoms with Crippen molar-refractivity contribution in [2.24, 2.45) is 0 Å². The summed E-state index contributed by atoms with van der Waals surface area (Å²) in [5.74, 6) is 0.884. The minimum Gasteiger partial charge on any atom is -0.495 e. The topological polar surface area (TPSA) is 84.9 Å². The number of halogens is 1. The zero-order valence-electron chi connectivity index (χ0n) is 15.6. The van der Waals surface area contributed by atoms with Crippen molar-refractivity contribution in [1.29, 1.82) is 0 Å². The van der Waals surface area contributed by atoms with E-state index >= 15 is 0 Å². The molecule has 0 fully saturated rings. The molecule has 6 nitrogen and oxygen atoms in total. The van der Waals surface area contributed by atoms with Gasteiger partial charge in [-0.2, -0.15) is 0 Å². The van der Waals surface area contributed by atoms with Gasteiger partial charge >= 0.3 is 0 Å². The summed E-state index contributed by atoms with van der Waals surface area (Å²) in [5.41, 5.74) is 1.19. The van der Waals surface area contributed by atoms with Crippen molar-refractivity contribution >= 4 is 10.0 Å². The lowest BCUT2D eigenvalue weighted by Gasteiger charge is -2.12. The molecule has 0 radical (unpaired) electrons. The summed E-state index contributed by atoms with van der Waals surface area (Å²) in [7, 11) is -2.47. The Balaban J connectivity index is 1.68. The van der Waals surface area contributed by atoms with Gasteiger partial charge in [0.1, 0.15) is 28.0 Å². The van der Waals surface area contributed by atoms with E-state index in [0.717, 1.165) is 5.56 Å². The fourth-order valence-corrected chi connectivity index (χ4v) is 3.83. The minimum atomic E-state index is -3.85. The molecule has 0 aliphatic rings. The van der Waals surface area contributed by atoms with E-state index in [1.807, 2.05) is 0 Å². The van der Waals surface area contributed by atoms with Crippen LogP contribution in [0.25, 0.3) is 0 Å². The maximum atomic E-state index is 12.9. The number of rotatable bonds is 8. The summed E-state index contributed by atoms with van der Waals surface area (Å²) < 4.78 is 51.5. The van der Waals surface area contributed by atoms with Gasteiger partial charge in [-0.05, 0) is 59.7 Å². The van der Waals surface area contributed by atoms with Gasteiger partial charge in [0, 0.05) is 6.54 Å². The quantitative estimate of drug-likeness (QED) is 0.585. The smallest absolute Gasteiger partial charge is 0.244 e. The van der Waals surface area contributed by atoms with Gasteiger partial charge in [0.2, 0.25) is 10.0 Å². The molecule has 0 unspecified atom stereocenters. The number of sulfonamides is 1. The Morgan fingerprint density at radius 3 is 2.10 bits per heavy atom. The Kier molecular flexibility index (Phi) is 6.48. The highest BCUT2D eigenvalue weighted by atomic mass is 32.2. The number of hydrogen-bond donors (Lipinski definition) is 2. The Bertz CT molecular complexity index is 1070. The Morgan fingerprint density at radius 1 is 0.931 bits per heavy atom. The molecule has 0 spiro atoms. The minimum absolute atomic E-state index is 0.0391. The van der Waals surface area contributed by atoms with E-state index in [1.54, 1.807) is 30.3 Å². The zero-order valence-corrected chi connectivity index (χ0v) is 16.4. The Labute approximate surface area is 168 Å². The molecule has 8 heteroatoms. The molecule has 0 aliphatic carbocycles. The van der Waals surface area contributed by atoms with Crippen LogP contribution in [0.3, 0.4) is 0 Å². The first kappa shape index (κ1) is 20.8. The van der Waals surface area contributed by atoms with Crippen molar-refractivity contribution in [3.63, 3.8) is 0 Å². The van der Waals surface area contributed by atoms with Crippen LogP contribution in [0.15, 0.2) is 71.6 Å². The van der Waals surface area contributed by atoms with E-state index in [2.05, 4.69) is 4.72 Å². The van der Waals surface area contributed by atoms with Crippen LogP contribution in [-0.4, -0.2) is 20.6 Å². The van der Waals surface area contributed by atoms with Crippen LogP contribution in [-0.2, 0) is 23.2 Å². The molecule has 0 aliphatic heterocycles. The number of ether oxygens (including phenoxy) is 2. The molecule has 0 bridgehead atoms. The normalized spacial score (nSPS) is 11.3. The average Bonchev–Trinajstić information content (AvgIpc) is 2.74. The van der Waals surface area contributed by atoms with Crippen LogP contribution < -0.4 is 14.2 Å². The molecule has 0 atom stereocenters. The van der Waals surface area contributed by atoms with Crippen LogP contribution >= 0.6 is 0 Å². The number of nitrogens with one attached hydrogen (secondary N) is 1. The summed E-state index contributed by atoms with van der Waals surface area (Å²) in [5, 5.41) is 9.26. The molecular formula is C21H20FNO5S. The van der Waals surface area contributed by atoms with E-state index in [4.69, 9.17) is 9.47 Å². The van der Waals surface area contributed by atoms with Crippen molar-refractivity contribution in [3.8, 4) is 17.2 Å². The van der Waals surface area contributed by atoms with Crippen molar-refractivity contribution in [2.75, 3.05) is 7.11 Å². The second kappa shape index (κ2) is 9.04. The van der Waals surface area contributed by atoms with Crippen LogP contribution in [0.2, 0.25) is 0 Å². The van der Waals surface area contributed by atoms with Crippen molar-refractivity contribution < 1.29 is 27.4 Å². The summed E-state index contributed by atoms with van der Waals surface area (Å²) in [6, 6.07) is 17.0. The number of methoxy groups -OCH3 is 1. The van der Waals surface area contributed by atoms with Crippen LogP contribution in [0.4, 0.5) is 4.39 Å². The first-order valence-electron chi connectivity index (χ1n) is 8.71. The highest BCUT2D eigenvalue weighted by Gasteiger charge is 2.20. The van der Waals surface area contributed by atoms with Gasteiger partial charge in [-0.25, -0.2) is 17.5 Å². The molecule has 2 N–H and O–H groups in total. The molecule has 3 aromatic carbocycles. The summed E-state index contributed by atoms with van der Waals surface area (Å²) in [6.07, 6.45) is 0. The lowest BCUT2D eigenvalue weighted by molar-refractivity contribution is 0.281. The van der Waals surface area contributed by atoms with E-state index in [9.17, 15) is 17.9 Å². The molecule has 0 saturated heterocycles. The molecule has 0 aromatic heterocycles. The second-order valence-corrected chi connectivity index (χ2v) is 7.90. The molecule has 3 rings (SSSR count). The standard InChI is InChI=1S/C21H20FNO5S/c1-27-20-11-4-16(14-24)12-21(20)29(25,26)23-13-15-2-7-18(8-3-15)28-19-9-5-17(22)6-10-19/h2-12,23-24H,13-14H2,1H3. The lowest BCUT2D eigenvalue weighted by Crippen LogP contribution is -2.24. The molecule has 0 heterocycles. The van der Waals surface area contributed by atoms with Gasteiger partial charge < -0.3 is 14.6 Å². The van der Waals surface area contributed by atoms with Crippen LogP contribution in [0.5, 0.6) is 17.2 Å². The molecule has 152 valence electrons. The average molecular weight is 417 g/mol. The Morgan fingerprint density at radius 2 is 1.52 bits per heavy atom. The van der Waals surface area contributed by atoms with E-state index < -0.39 is 10.0 Å². The van der Waals surface area contributed by atoms with Gasteiger partial charge in [0.15, 0.2) is 0 Å². The summed E-state index contributed by atoms with van der Waals surface area (Å²) >= 11 is 0.